The summed E-state index contributed by atoms with van der Waals surface area (Å²) in [5.41, 5.74) is 2.27. The fourth-order valence-electron chi connectivity index (χ4n) is 3.15. The van der Waals surface area contributed by atoms with E-state index in [1.807, 2.05) is 24.3 Å². The quantitative estimate of drug-likeness (QED) is 0.395. The Kier molecular flexibility index (Phi) is 8.06. The van der Waals surface area contributed by atoms with Gasteiger partial charge >= 0.3 is 5.97 Å². The number of nitrogens with one attached hydrogen (secondary N) is 1. The van der Waals surface area contributed by atoms with E-state index in [0.717, 1.165) is 15.6 Å². The zero-order valence-corrected chi connectivity index (χ0v) is 20.6. The number of rotatable bonds is 10. The Bertz CT molecular complexity index is 1310. The van der Waals surface area contributed by atoms with Gasteiger partial charge in [-0.3, -0.25) is 4.79 Å². The van der Waals surface area contributed by atoms with Crippen LogP contribution in [0, 0.1) is 0 Å². The lowest BCUT2D eigenvalue weighted by Gasteiger charge is -2.15. The van der Waals surface area contributed by atoms with Gasteiger partial charge in [-0.05, 0) is 47.4 Å². The van der Waals surface area contributed by atoms with Crippen LogP contribution in [0.25, 0.3) is 11.1 Å². The third kappa shape index (κ3) is 7.23. The molecule has 0 saturated carbocycles. The summed E-state index contributed by atoms with van der Waals surface area (Å²) in [6.07, 6.45) is -0.388. The summed E-state index contributed by atoms with van der Waals surface area (Å²) in [5.74, 6) is -2.16. The number of hydrogen-bond acceptors (Lipinski definition) is 5. The third-order valence-corrected chi connectivity index (χ3v) is 8.53. The maximum atomic E-state index is 12.7. The maximum absolute atomic E-state index is 12.7. The zero-order chi connectivity index (χ0) is 24.1. The number of hydrogen-bond donors (Lipinski definition) is 2. The van der Waals surface area contributed by atoms with E-state index in [1.165, 1.54) is 12.1 Å². The van der Waals surface area contributed by atoms with Crippen LogP contribution in [-0.4, -0.2) is 39.7 Å². The van der Waals surface area contributed by atoms with E-state index in [-0.39, 0.29) is 17.1 Å². The van der Waals surface area contributed by atoms with Crippen LogP contribution in [-0.2, 0) is 30.4 Å². The molecule has 0 aliphatic rings. The molecule has 0 aliphatic heterocycles. The molecule has 0 saturated heterocycles. The van der Waals surface area contributed by atoms with Gasteiger partial charge in [-0.25, -0.2) is 16.8 Å². The van der Waals surface area contributed by atoms with E-state index >= 15 is 0 Å². The molecule has 7 nitrogen and oxygen atoms in total. The molecule has 3 rings (SSSR count). The maximum Gasteiger partial charge on any atom is 0.321 e. The van der Waals surface area contributed by atoms with Gasteiger partial charge in [0.2, 0.25) is 10.0 Å². The molecule has 0 radical (unpaired) electrons. The average molecular weight is 552 g/mol. The van der Waals surface area contributed by atoms with Crippen LogP contribution in [0.15, 0.2) is 88.2 Å². The van der Waals surface area contributed by atoms with Crippen LogP contribution in [0.1, 0.15) is 12.0 Å². The molecule has 0 aliphatic carbocycles. The molecule has 3 aromatic carbocycles. The second kappa shape index (κ2) is 10.6. The minimum absolute atomic E-state index is 0.109. The Balaban J connectivity index is 1.69. The van der Waals surface area contributed by atoms with Crippen LogP contribution in [0.4, 0.5) is 0 Å². The van der Waals surface area contributed by atoms with Gasteiger partial charge in [-0.15, -0.1) is 0 Å². The zero-order valence-electron chi connectivity index (χ0n) is 17.4. The van der Waals surface area contributed by atoms with E-state index in [0.29, 0.717) is 5.56 Å². The summed E-state index contributed by atoms with van der Waals surface area (Å²) < 4.78 is 53.2. The Labute approximate surface area is 201 Å². The van der Waals surface area contributed by atoms with E-state index in [9.17, 15) is 26.7 Å². The predicted molar refractivity (Wildman–Crippen MR) is 130 cm³/mol. The first kappa shape index (κ1) is 25.1. The van der Waals surface area contributed by atoms with E-state index in [4.69, 9.17) is 0 Å². The molecule has 33 heavy (non-hydrogen) atoms. The van der Waals surface area contributed by atoms with Crippen molar-refractivity contribution in [3.63, 3.8) is 0 Å². The molecule has 0 heterocycles. The van der Waals surface area contributed by atoms with Gasteiger partial charge in [0.25, 0.3) is 0 Å². The Morgan fingerprint density at radius 2 is 1.39 bits per heavy atom. The molecule has 0 spiro atoms. The molecule has 0 fully saturated rings. The van der Waals surface area contributed by atoms with Crippen molar-refractivity contribution in [3.8, 4) is 11.1 Å². The van der Waals surface area contributed by atoms with Crippen molar-refractivity contribution in [1.29, 1.82) is 0 Å². The molecule has 10 heteroatoms. The molecule has 174 valence electrons. The fourth-order valence-corrected chi connectivity index (χ4v) is 6.08. The van der Waals surface area contributed by atoms with Crippen molar-refractivity contribution in [2.24, 2.45) is 0 Å². The van der Waals surface area contributed by atoms with Crippen molar-refractivity contribution in [2.75, 3.05) is 5.75 Å². The van der Waals surface area contributed by atoms with E-state index in [1.54, 1.807) is 42.5 Å². The highest BCUT2D eigenvalue weighted by atomic mass is 79.9. The van der Waals surface area contributed by atoms with Gasteiger partial charge in [0.1, 0.15) is 6.04 Å². The van der Waals surface area contributed by atoms with Crippen LogP contribution >= 0.6 is 15.9 Å². The van der Waals surface area contributed by atoms with Gasteiger partial charge < -0.3 is 5.11 Å². The summed E-state index contributed by atoms with van der Waals surface area (Å²) in [4.78, 5) is 11.5. The lowest BCUT2D eigenvalue weighted by Crippen LogP contribution is -2.41. The SMILES string of the molecule is O=C(O)C(CCS(=O)(=O)Cc1ccccc1)NS(=O)(=O)c1ccc(-c2ccc(Br)cc2)cc1. The number of halogens is 1. The highest BCUT2D eigenvalue weighted by Gasteiger charge is 2.27. The van der Waals surface area contributed by atoms with Crippen molar-refractivity contribution in [2.45, 2.75) is 23.1 Å². The van der Waals surface area contributed by atoms with Crippen LogP contribution in [0.5, 0.6) is 0 Å². The van der Waals surface area contributed by atoms with Crippen molar-refractivity contribution in [3.05, 3.63) is 88.9 Å². The smallest absolute Gasteiger partial charge is 0.321 e. The molecule has 1 unspecified atom stereocenters. The van der Waals surface area contributed by atoms with E-state index < -0.39 is 37.6 Å². The summed E-state index contributed by atoms with van der Waals surface area (Å²) >= 11 is 3.36. The normalized spacial score (nSPS) is 12.9. The van der Waals surface area contributed by atoms with Gasteiger partial charge in [0.15, 0.2) is 9.84 Å². The monoisotopic (exact) mass is 551 g/mol. The number of sulfonamides is 1. The summed E-state index contributed by atoms with van der Waals surface area (Å²) in [7, 11) is -7.79. The molecular weight excluding hydrogens is 530 g/mol. The number of carboxylic acid groups (broad SMARTS) is 1. The minimum Gasteiger partial charge on any atom is -0.480 e. The van der Waals surface area contributed by atoms with Crippen molar-refractivity contribution in [1.82, 2.24) is 4.72 Å². The number of aliphatic carboxylic acids is 1. The molecule has 0 amide bonds. The highest BCUT2D eigenvalue weighted by Crippen LogP contribution is 2.23. The summed E-state index contributed by atoms with van der Waals surface area (Å²) in [6, 6.07) is 20.4. The lowest BCUT2D eigenvalue weighted by atomic mass is 10.1. The number of sulfone groups is 1. The minimum atomic E-state index is -4.17. The first-order valence-electron chi connectivity index (χ1n) is 9.91. The Morgan fingerprint density at radius 3 is 1.94 bits per heavy atom. The fraction of sp³-hybridized carbons (Fsp3) is 0.174. The largest absolute Gasteiger partial charge is 0.480 e. The Hall–Kier alpha value is -2.53. The number of carboxylic acids is 1. The first-order chi connectivity index (χ1) is 15.6. The second-order valence-electron chi connectivity index (χ2n) is 7.41. The van der Waals surface area contributed by atoms with Crippen LogP contribution in [0.2, 0.25) is 0 Å². The van der Waals surface area contributed by atoms with Crippen LogP contribution in [0.3, 0.4) is 0 Å². The highest BCUT2D eigenvalue weighted by molar-refractivity contribution is 9.10. The van der Waals surface area contributed by atoms with E-state index in [2.05, 4.69) is 20.7 Å². The second-order valence-corrected chi connectivity index (χ2v) is 12.2. The molecule has 0 bridgehead atoms. The topological polar surface area (TPSA) is 118 Å². The molecule has 2 N–H and O–H groups in total. The Morgan fingerprint density at radius 1 is 0.848 bits per heavy atom. The van der Waals surface area contributed by atoms with Crippen LogP contribution < -0.4 is 4.72 Å². The van der Waals surface area contributed by atoms with Crippen molar-refractivity contribution < 1.29 is 26.7 Å². The molecular formula is C23H22BrNO6S2. The summed E-state index contributed by atoms with van der Waals surface area (Å²) in [5, 5.41) is 9.46. The molecule has 0 aromatic heterocycles. The van der Waals surface area contributed by atoms with Gasteiger partial charge in [0, 0.05) is 4.47 Å². The molecule has 1 atom stereocenters. The number of benzene rings is 3. The van der Waals surface area contributed by atoms with Gasteiger partial charge in [-0.1, -0.05) is 70.5 Å². The molecule has 3 aromatic rings. The van der Waals surface area contributed by atoms with Gasteiger partial charge in [-0.2, -0.15) is 4.72 Å². The van der Waals surface area contributed by atoms with Crippen molar-refractivity contribution >= 4 is 41.8 Å². The third-order valence-electron chi connectivity index (χ3n) is 4.88. The van der Waals surface area contributed by atoms with Gasteiger partial charge in [0.05, 0.1) is 16.4 Å². The number of carbonyl (C=O) groups is 1. The predicted octanol–water partition coefficient (Wildman–Crippen LogP) is 3.85. The lowest BCUT2D eigenvalue weighted by molar-refractivity contribution is -0.139. The standard InChI is InChI=1S/C23H22BrNO6S2/c24-20-10-6-18(7-11-20)19-8-12-21(13-9-19)33(30,31)25-22(23(26)27)14-15-32(28,29)16-17-4-2-1-3-5-17/h1-13,22,25H,14-16H2,(H,26,27). The first-order valence-corrected chi connectivity index (χ1v) is 14.0. The summed E-state index contributed by atoms with van der Waals surface area (Å²) in [6.45, 7) is 0. The average Bonchev–Trinajstić information content (AvgIpc) is 2.77.